The number of benzene rings is 2. The van der Waals surface area contributed by atoms with Gasteiger partial charge in [-0.3, -0.25) is 4.79 Å². The molecule has 33 heavy (non-hydrogen) atoms. The molecule has 0 radical (unpaired) electrons. The fraction of sp³-hybridized carbons (Fsp3) is 0.286. The van der Waals surface area contributed by atoms with E-state index < -0.39 is 8.07 Å². The van der Waals surface area contributed by atoms with Gasteiger partial charge in [-0.2, -0.15) is 0 Å². The van der Waals surface area contributed by atoms with Gasteiger partial charge in [-0.05, 0) is 29.7 Å². The van der Waals surface area contributed by atoms with Gasteiger partial charge < -0.3 is 9.64 Å². The summed E-state index contributed by atoms with van der Waals surface area (Å²) in [4.78, 5) is 18.9. The Balaban J connectivity index is 2.04. The highest BCUT2D eigenvalue weighted by Crippen LogP contribution is 2.33. The minimum atomic E-state index is -1.51. The molecule has 0 atom stereocenters. The maximum atomic E-state index is 12.5. The van der Waals surface area contributed by atoms with E-state index in [-0.39, 0.29) is 5.91 Å². The highest BCUT2D eigenvalue weighted by atomic mass is 28.3. The summed E-state index contributed by atoms with van der Waals surface area (Å²) in [5.41, 5.74) is 9.46. The van der Waals surface area contributed by atoms with E-state index in [0.717, 1.165) is 33.4 Å². The number of methoxy groups -OCH3 is 1. The Hall–Kier alpha value is -3.36. The molecule has 0 bridgehead atoms. The summed E-state index contributed by atoms with van der Waals surface area (Å²) in [7, 11) is 0.117. The van der Waals surface area contributed by atoms with Crippen LogP contribution in [0.15, 0.2) is 60.8 Å². The lowest BCUT2D eigenvalue weighted by molar-refractivity contribution is -0.130. The molecule has 5 heteroatoms. The smallest absolute Gasteiger partial charge is 0.221 e. The molecule has 0 unspecified atom stereocenters. The first kappa shape index (κ1) is 24.3. The van der Waals surface area contributed by atoms with Gasteiger partial charge in [0.15, 0.2) is 0 Å². The molecule has 170 valence electrons. The van der Waals surface area contributed by atoms with E-state index in [1.54, 1.807) is 20.2 Å². The Morgan fingerprint density at radius 3 is 2.39 bits per heavy atom. The van der Waals surface area contributed by atoms with Crippen LogP contribution >= 0.6 is 0 Å². The Morgan fingerprint density at radius 2 is 1.76 bits per heavy atom. The van der Waals surface area contributed by atoms with Gasteiger partial charge >= 0.3 is 0 Å². The highest BCUT2D eigenvalue weighted by Gasteiger charge is 2.17. The van der Waals surface area contributed by atoms with Gasteiger partial charge in [-0.25, -0.2) is 4.98 Å². The van der Waals surface area contributed by atoms with Crippen molar-refractivity contribution in [1.82, 2.24) is 9.88 Å². The lowest BCUT2D eigenvalue weighted by Crippen LogP contribution is -2.28. The highest BCUT2D eigenvalue weighted by molar-refractivity contribution is 6.83. The van der Waals surface area contributed by atoms with Crippen molar-refractivity contribution in [2.45, 2.75) is 46.6 Å². The molecule has 0 saturated carbocycles. The predicted octanol–water partition coefficient (Wildman–Crippen LogP) is 5.84. The summed E-state index contributed by atoms with van der Waals surface area (Å²) >= 11 is 0. The summed E-state index contributed by atoms with van der Waals surface area (Å²) in [6.45, 7) is 11.4. The van der Waals surface area contributed by atoms with Gasteiger partial charge in [0.2, 0.25) is 11.8 Å². The van der Waals surface area contributed by atoms with Gasteiger partial charge in [0.05, 0.1) is 7.11 Å². The Kier molecular flexibility index (Phi) is 7.73. The average molecular weight is 457 g/mol. The van der Waals surface area contributed by atoms with Crippen molar-refractivity contribution in [3.8, 4) is 28.5 Å². The number of pyridine rings is 1. The van der Waals surface area contributed by atoms with Crippen molar-refractivity contribution < 1.29 is 9.53 Å². The normalized spacial score (nSPS) is 10.8. The molecular weight excluding hydrogens is 424 g/mol. The second-order valence-corrected chi connectivity index (χ2v) is 14.1. The Labute approximate surface area is 198 Å². The number of nitrogens with zero attached hydrogens (tertiary/aromatic N) is 2. The van der Waals surface area contributed by atoms with Crippen LogP contribution in [0.25, 0.3) is 11.1 Å². The molecule has 0 spiro atoms. The summed E-state index contributed by atoms with van der Waals surface area (Å²) in [5, 5.41) is 0. The summed E-state index contributed by atoms with van der Waals surface area (Å²) in [6.07, 6.45) is 1.76. The Bertz CT molecular complexity index is 1190. The second kappa shape index (κ2) is 10.5. The van der Waals surface area contributed by atoms with Crippen LogP contribution in [0.4, 0.5) is 0 Å². The fourth-order valence-corrected chi connectivity index (χ4v) is 4.06. The molecule has 0 N–H and O–H groups in total. The molecule has 3 aromatic rings. The third kappa shape index (κ3) is 6.81. The largest absolute Gasteiger partial charge is 0.481 e. The monoisotopic (exact) mass is 456 g/mol. The predicted molar refractivity (Wildman–Crippen MR) is 138 cm³/mol. The van der Waals surface area contributed by atoms with Gasteiger partial charge in [0, 0.05) is 37.3 Å². The molecule has 2 aromatic carbocycles. The molecule has 1 amide bonds. The standard InChI is InChI=1S/C28H32N2O2Si/c1-21-12-13-26(27-17-24(14-15-33(4,5)6)18-29-28(27)32-3)25(16-21)20-30(22(2)31)19-23-10-8-7-9-11-23/h7-13,16-18H,19-20H2,1-6H3. The number of hydrogen-bond acceptors (Lipinski definition) is 3. The zero-order chi connectivity index (χ0) is 24.0. The molecule has 1 heterocycles. The minimum Gasteiger partial charge on any atom is -0.481 e. The van der Waals surface area contributed by atoms with E-state index in [0.29, 0.717) is 19.0 Å². The number of aryl methyl sites for hydroxylation is 1. The van der Waals surface area contributed by atoms with Gasteiger partial charge in [-0.1, -0.05) is 79.7 Å². The van der Waals surface area contributed by atoms with Crippen LogP contribution in [0.1, 0.15) is 29.2 Å². The number of carbonyl (C=O) groups excluding carboxylic acids is 1. The van der Waals surface area contributed by atoms with Gasteiger partial charge in [0.25, 0.3) is 0 Å². The van der Waals surface area contributed by atoms with Crippen molar-refractivity contribution in [3.05, 3.63) is 83.0 Å². The number of aromatic nitrogens is 1. The topological polar surface area (TPSA) is 42.4 Å². The van der Waals surface area contributed by atoms with Crippen LogP contribution < -0.4 is 4.74 Å². The third-order valence-corrected chi connectivity index (χ3v) is 6.08. The fourth-order valence-electron chi connectivity index (χ4n) is 3.54. The van der Waals surface area contributed by atoms with E-state index in [1.165, 1.54) is 0 Å². The van der Waals surface area contributed by atoms with Gasteiger partial charge in [0.1, 0.15) is 8.07 Å². The second-order valence-electron chi connectivity index (χ2n) is 9.30. The lowest BCUT2D eigenvalue weighted by Gasteiger charge is -2.23. The van der Waals surface area contributed by atoms with Crippen LogP contribution in [0.2, 0.25) is 19.6 Å². The van der Waals surface area contributed by atoms with Crippen molar-refractivity contribution in [1.29, 1.82) is 0 Å². The molecule has 3 rings (SSSR count). The van der Waals surface area contributed by atoms with E-state index in [2.05, 4.69) is 61.2 Å². The number of ether oxygens (including phenoxy) is 1. The molecule has 1 aromatic heterocycles. The summed E-state index contributed by atoms with van der Waals surface area (Å²) < 4.78 is 5.60. The Morgan fingerprint density at radius 1 is 1.03 bits per heavy atom. The lowest BCUT2D eigenvalue weighted by atomic mass is 9.97. The number of hydrogen-bond donors (Lipinski definition) is 0. The average Bonchev–Trinajstić information content (AvgIpc) is 2.77. The molecule has 0 saturated heterocycles. The van der Waals surface area contributed by atoms with Crippen molar-refractivity contribution in [2.75, 3.05) is 7.11 Å². The molecule has 0 aliphatic heterocycles. The van der Waals surface area contributed by atoms with E-state index in [9.17, 15) is 4.79 Å². The molecule has 0 fully saturated rings. The first-order valence-corrected chi connectivity index (χ1v) is 14.6. The molecule has 4 nitrogen and oxygen atoms in total. The summed E-state index contributed by atoms with van der Waals surface area (Å²) in [6, 6.07) is 18.4. The van der Waals surface area contributed by atoms with Crippen LogP contribution in [0.3, 0.4) is 0 Å². The molecular formula is C28H32N2O2Si. The van der Waals surface area contributed by atoms with E-state index in [4.69, 9.17) is 4.74 Å². The van der Waals surface area contributed by atoms with Crippen molar-refractivity contribution in [2.24, 2.45) is 0 Å². The maximum Gasteiger partial charge on any atom is 0.221 e. The van der Waals surface area contributed by atoms with Crippen LogP contribution in [-0.2, 0) is 17.9 Å². The number of amides is 1. The van der Waals surface area contributed by atoms with E-state index in [1.807, 2.05) is 41.3 Å². The maximum absolute atomic E-state index is 12.5. The van der Waals surface area contributed by atoms with Crippen molar-refractivity contribution >= 4 is 14.0 Å². The minimum absolute atomic E-state index is 0.0335. The van der Waals surface area contributed by atoms with E-state index >= 15 is 0 Å². The molecule has 0 aliphatic carbocycles. The first-order valence-electron chi connectivity index (χ1n) is 11.1. The zero-order valence-corrected chi connectivity index (χ0v) is 21.4. The van der Waals surface area contributed by atoms with Crippen LogP contribution in [0.5, 0.6) is 5.88 Å². The summed E-state index contributed by atoms with van der Waals surface area (Å²) in [5.74, 6) is 3.88. The molecule has 0 aliphatic rings. The van der Waals surface area contributed by atoms with Crippen LogP contribution in [0, 0.1) is 18.4 Å². The third-order valence-electron chi connectivity index (χ3n) is 5.20. The first-order chi connectivity index (χ1) is 15.7. The number of rotatable bonds is 6. The zero-order valence-electron chi connectivity index (χ0n) is 20.4. The number of carbonyl (C=O) groups is 1. The SMILES string of the molecule is COc1ncc(C#C[Si](C)(C)C)cc1-c1ccc(C)cc1CN(Cc1ccccc1)C(C)=O. The quantitative estimate of drug-likeness (QED) is 0.345. The van der Waals surface area contributed by atoms with Gasteiger partial charge in [-0.15, -0.1) is 5.54 Å². The van der Waals surface area contributed by atoms with Crippen molar-refractivity contribution in [3.63, 3.8) is 0 Å². The van der Waals surface area contributed by atoms with Crippen LogP contribution in [-0.4, -0.2) is 31.0 Å².